The average molecular weight is 474 g/mol. The molecular formula is C27H31N5O3. The van der Waals surface area contributed by atoms with Crippen molar-refractivity contribution in [1.82, 2.24) is 24.2 Å². The first-order valence-corrected chi connectivity index (χ1v) is 12.0. The van der Waals surface area contributed by atoms with Gasteiger partial charge in [-0.05, 0) is 69.5 Å². The lowest BCUT2D eigenvalue weighted by Gasteiger charge is -2.14. The zero-order valence-electron chi connectivity index (χ0n) is 20.7. The molecule has 0 aliphatic rings. The molecule has 1 amide bonds. The Labute approximate surface area is 203 Å². The molecule has 2 heterocycles. The molecule has 0 unspecified atom stereocenters. The Hall–Kier alpha value is -3.94. The molecule has 0 aliphatic carbocycles. The fourth-order valence-corrected chi connectivity index (χ4v) is 4.59. The molecule has 0 atom stereocenters. The van der Waals surface area contributed by atoms with Crippen LogP contribution < -0.4 is 16.4 Å². The van der Waals surface area contributed by atoms with E-state index >= 15 is 0 Å². The van der Waals surface area contributed by atoms with Gasteiger partial charge in [-0.2, -0.15) is 5.10 Å². The molecule has 4 rings (SSSR count). The number of fused-ring (bicyclic) bond motifs is 1. The van der Waals surface area contributed by atoms with E-state index in [9.17, 15) is 14.4 Å². The number of aromatic nitrogens is 4. The van der Waals surface area contributed by atoms with Gasteiger partial charge in [0.1, 0.15) is 0 Å². The van der Waals surface area contributed by atoms with Crippen LogP contribution in [-0.2, 0) is 26.1 Å². The summed E-state index contributed by atoms with van der Waals surface area (Å²) in [7, 11) is 0. The molecule has 0 bridgehead atoms. The number of rotatable bonds is 8. The van der Waals surface area contributed by atoms with E-state index in [-0.39, 0.29) is 12.5 Å². The van der Waals surface area contributed by atoms with E-state index < -0.39 is 11.1 Å². The van der Waals surface area contributed by atoms with Crippen molar-refractivity contribution >= 4 is 16.9 Å². The van der Waals surface area contributed by atoms with Gasteiger partial charge in [-0.3, -0.25) is 23.6 Å². The second-order valence-corrected chi connectivity index (χ2v) is 8.60. The van der Waals surface area contributed by atoms with Gasteiger partial charge in [-0.15, -0.1) is 0 Å². The van der Waals surface area contributed by atoms with Gasteiger partial charge in [0.2, 0.25) is 0 Å². The van der Waals surface area contributed by atoms with E-state index in [1.54, 1.807) is 12.1 Å². The maximum absolute atomic E-state index is 12.8. The van der Waals surface area contributed by atoms with Crippen LogP contribution in [0.2, 0.25) is 0 Å². The lowest BCUT2D eigenvalue weighted by molar-refractivity contribution is 0.0954. The summed E-state index contributed by atoms with van der Waals surface area (Å²) < 4.78 is 4.97. The molecule has 2 aromatic carbocycles. The summed E-state index contributed by atoms with van der Waals surface area (Å²) in [6.45, 7) is 9.98. The molecule has 2 aromatic heterocycles. The third-order valence-electron chi connectivity index (χ3n) is 6.50. The van der Waals surface area contributed by atoms with Crippen LogP contribution in [0.25, 0.3) is 11.0 Å². The molecule has 8 nitrogen and oxygen atoms in total. The van der Waals surface area contributed by atoms with E-state index in [4.69, 9.17) is 0 Å². The number of benzene rings is 2. The van der Waals surface area contributed by atoms with Crippen LogP contribution in [0, 0.1) is 13.8 Å². The second kappa shape index (κ2) is 10.1. The summed E-state index contributed by atoms with van der Waals surface area (Å²) in [5, 5.41) is 7.50. The van der Waals surface area contributed by atoms with Gasteiger partial charge in [-0.25, -0.2) is 0 Å². The lowest BCUT2D eigenvalue weighted by atomic mass is 10.1. The third kappa shape index (κ3) is 4.69. The molecule has 8 heteroatoms. The standard InChI is InChI=1S/C27H31N5O3/c1-5-30-23-9-7-8-10-24(23)31(27(35)26(30)34)17-20-11-13-21(14-12-20)25(33)28-16-15-22-18(3)29-32(6-2)19(22)4/h7-14H,5-6,15-17H2,1-4H3,(H,28,33). The Balaban J connectivity index is 1.47. The largest absolute Gasteiger partial charge is 0.352 e. The molecule has 35 heavy (non-hydrogen) atoms. The molecule has 4 aromatic rings. The predicted molar refractivity (Wildman–Crippen MR) is 137 cm³/mol. The van der Waals surface area contributed by atoms with Gasteiger partial charge in [0, 0.05) is 30.9 Å². The summed E-state index contributed by atoms with van der Waals surface area (Å²) in [4.78, 5) is 38.1. The summed E-state index contributed by atoms with van der Waals surface area (Å²) in [6.07, 6.45) is 0.723. The average Bonchev–Trinajstić information content (AvgIpc) is 3.15. The summed E-state index contributed by atoms with van der Waals surface area (Å²) in [6, 6.07) is 14.5. The van der Waals surface area contributed by atoms with Gasteiger partial charge >= 0.3 is 11.1 Å². The van der Waals surface area contributed by atoms with Crippen LogP contribution in [0.1, 0.15) is 46.7 Å². The van der Waals surface area contributed by atoms with Crippen molar-refractivity contribution in [3.63, 3.8) is 0 Å². The zero-order valence-corrected chi connectivity index (χ0v) is 20.7. The molecule has 1 N–H and O–H groups in total. The highest BCUT2D eigenvalue weighted by Gasteiger charge is 2.14. The first kappa shape index (κ1) is 24.2. The van der Waals surface area contributed by atoms with Gasteiger partial charge in [0.05, 0.1) is 23.3 Å². The summed E-state index contributed by atoms with van der Waals surface area (Å²) in [5.74, 6) is -0.150. The van der Waals surface area contributed by atoms with Gasteiger partial charge < -0.3 is 9.88 Å². The molecule has 0 spiro atoms. The van der Waals surface area contributed by atoms with Crippen LogP contribution in [0.15, 0.2) is 58.1 Å². The fourth-order valence-electron chi connectivity index (χ4n) is 4.59. The number of hydrogen-bond acceptors (Lipinski definition) is 4. The molecule has 0 saturated heterocycles. The smallest absolute Gasteiger partial charge is 0.317 e. The Morgan fingerprint density at radius 3 is 2.11 bits per heavy atom. The number of aryl methyl sites for hydroxylation is 3. The first-order chi connectivity index (χ1) is 16.8. The van der Waals surface area contributed by atoms with E-state index in [1.165, 1.54) is 14.7 Å². The number of para-hydroxylation sites is 2. The number of carbonyl (C=O) groups excluding carboxylic acids is 1. The van der Waals surface area contributed by atoms with Crippen molar-refractivity contribution in [2.75, 3.05) is 6.54 Å². The highest BCUT2D eigenvalue weighted by atomic mass is 16.2. The van der Waals surface area contributed by atoms with Crippen LogP contribution in [0.3, 0.4) is 0 Å². The van der Waals surface area contributed by atoms with Gasteiger partial charge in [-0.1, -0.05) is 24.3 Å². The minimum atomic E-state index is -0.552. The predicted octanol–water partition coefficient (Wildman–Crippen LogP) is 3.04. The molecular weight excluding hydrogens is 442 g/mol. The SMILES string of the molecule is CCn1nc(C)c(CCNC(=O)c2ccc(Cn3c(=O)c(=O)n(CC)c4ccccc43)cc2)c1C. The van der Waals surface area contributed by atoms with Crippen molar-refractivity contribution in [2.24, 2.45) is 0 Å². The number of nitrogens with zero attached hydrogens (tertiary/aromatic N) is 4. The Morgan fingerprint density at radius 1 is 0.886 bits per heavy atom. The van der Waals surface area contributed by atoms with E-state index in [0.29, 0.717) is 24.2 Å². The maximum Gasteiger partial charge on any atom is 0.317 e. The molecule has 0 saturated carbocycles. The van der Waals surface area contributed by atoms with E-state index in [2.05, 4.69) is 24.3 Å². The summed E-state index contributed by atoms with van der Waals surface area (Å²) >= 11 is 0. The van der Waals surface area contributed by atoms with Crippen LogP contribution in [-0.4, -0.2) is 31.4 Å². The van der Waals surface area contributed by atoms with Crippen molar-refractivity contribution in [2.45, 2.75) is 53.8 Å². The monoisotopic (exact) mass is 473 g/mol. The molecule has 0 fully saturated rings. The Bertz CT molecular complexity index is 1490. The fraction of sp³-hybridized carbons (Fsp3) is 0.333. The third-order valence-corrected chi connectivity index (χ3v) is 6.50. The molecule has 0 radical (unpaired) electrons. The lowest BCUT2D eigenvalue weighted by Crippen LogP contribution is -2.41. The van der Waals surface area contributed by atoms with Gasteiger partial charge in [0.25, 0.3) is 5.91 Å². The van der Waals surface area contributed by atoms with Gasteiger partial charge in [0.15, 0.2) is 0 Å². The van der Waals surface area contributed by atoms with Crippen molar-refractivity contribution in [3.05, 3.63) is 97.3 Å². The quantitative estimate of drug-likeness (QED) is 0.398. The zero-order chi connectivity index (χ0) is 25.1. The van der Waals surface area contributed by atoms with E-state index in [0.717, 1.165) is 35.4 Å². The Kier molecular flexibility index (Phi) is 7.00. The minimum absolute atomic E-state index is 0.150. The maximum atomic E-state index is 12.8. The number of hydrogen-bond donors (Lipinski definition) is 1. The van der Waals surface area contributed by atoms with Crippen LogP contribution >= 0.6 is 0 Å². The topological polar surface area (TPSA) is 90.9 Å². The second-order valence-electron chi connectivity index (χ2n) is 8.60. The number of amides is 1. The molecule has 0 aliphatic heterocycles. The Morgan fingerprint density at radius 2 is 1.51 bits per heavy atom. The van der Waals surface area contributed by atoms with E-state index in [1.807, 2.05) is 54.9 Å². The molecule has 182 valence electrons. The van der Waals surface area contributed by atoms with Crippen LogP contribution in [0.5, 0.6) is 0 Å². The number of carbonyl (C=O) groups is 1. The highest BCUT2D eigenvalue weighted by molar-refractivity contribution is 5.94. The van der Waals surface area contributed by atoms with Crippen molar-refractivity contribution < 1.29 is 4.79 Å². The van der Waals surface area contributed by atoms with Crippen molar-refractivity contribution in [1.29, 1.82) is 0 Å². The summed E-state index contributed by atoms with van der Waals surface area (Å²) in [5.41, 5.74) is 5.04. The normalized spacial score (nSPS) is 11.2. The number of nitrogens with one attached hydrogen (secondary N) is 1. The van der Waals surface area contributed by atoms with Crippen LogP contribution in [0.4, 0.5) is 0 Å². The first-order valence-electron chi connectivity index (χ1n) is 12.0. The minimum Gasteiger partial charge on any atom is -0.352 e. The highest BCUT2D eigenvalue weighted by Crippen LogP contribution is 2.15. The van der Waals surface area contributed by atoms with Crippen molar-refractivity contribution in [3.8, 4) is 0 Å².